The van der Waals surface area contributed by atoms with Crippen molar-refractivity contribution in [2.24, 2.45) is 0 Å². The summed E-state index contributed by atoms with van der Waals surface area (Å²) in [6.45, 7) is 0. The van der Waals surface area contributed by atoms with E-state index in [2.05, 4.69) is 15.2 Å². The highest BCUT2D eigenvalue weighted by Crippen LogP contribution is 2.29. The van der Waals surface area contributed by atoms with Crippen LogP contribution in [-0.2, 0) is 6.18 Å². The summed E-state index contributed by atoms with van der Waals surface area (Å²) in [6, 6.07) is 1.84. The molecule has 2 heterocycles. The number of alkyl halides is 3. The van der Waals surface area contributed by atoms with Gasteiger partial charge in [-0.15, -0.1) is 5.10 Å². The molecule has 0 aliphatic rings. The van der Waals surface area contributed by atoms with Crippen LogP contribution in [0.15, 0.2) is 22.7 Å². The fourth-order valence-corrected chi connectivity index (χ4v) is 1.03. The number of rotatable bonds is 1. The molecule has 2 N–H and O–H groups in total. The Labute approximate surface area is 87.1 Å². The summed E-state index contributed by atoms with van der Waals surface area (Å²) < 4.78 is 41.5. The number of anilines is 1. The molecule has 16 heavy (non-hydrogen) atoms. The second-order valence-corrected chi connectivity index (χ2v) is 2.88. The highest BCUT2D eigenvalue weighted by Gasteiger charge is 2.30. The van der Waals surface area contributed by atoms with Crippen molar-refractivity contribution in [1.82, 2.24) is 15.2 Å². The van der Waals surface area contributed by atoms with E-state index < -0.39 is 11.7 Å². The number of nitrogen functional groups attached to an aromatic ring is 1. The van der Waals surface area contributed by atoms with Crippen LogP contribution in [0, 0.1) is 0 Å². The molecular formula is C8H5F3N4O. The first-order valence-corrected chi connectivity index (χ1v) is 4.09. The third kappa shape index (κ3) is 1.95. The van der Waals surface area contributed by atoms with Crippen molar-refractivity contribution < 1.29 is 17.6 Å². The first kappa shape index (κ1) is 10.4. The Bertz CT molecular complexity index is 491. The zero-order valence-electron chi connectivity index (χ0n) is 7.69. The van der Waals surface area contributed by atoms with Crippen LogP contribution < -0.4 is 5.73 Å². The summed E-state index contributed by atoms with van der Waals surface area (Å²) >= 11 is 0. The molecule has 5 nitrogen and oxygen atoms in total. The van der Waals surface area contributed by atoms with Crippen LogP contribution in [0.25, 0.3) is 11.6 Å². The van der Waals surface area contributed by atoms with Crippen LogP contribution >= 0.6 is 0 Å². The lowest BCUT2D eigenvalue weighted by Crippen LogP contribution is -2.05. The van der Waals surface area contributed by atoms with E-state index in [1.165, 1.54) is 0 Å². The van der Waals surface area contributed by atoms with Gasteiger partial charge in [-0.05, 0) is 12.1 Å². The average Bonchev–Trinajstić information content (AvgIpc) is 2.64. The van der Waals surface area contributed by atoms with Crippen molar-refractivity contribution in [2.45, 2.75) is 6.18 Å². The van der Waals surface area contributed by atoms with Crippen molar-refractivity contribution in [3.63, 3.8) is 0 Å². The van der Waals surface area contributed by atoms with Gasteiger partial charge in [0.2, 0.25) is 0 Å². The Morgan fingerprint density at radius 2 is 1.94 bits per heavy atom. The topological polar surface area (TPSA) is 77.8 Å². The van der Waals surface area contributed by atoms with Crippen LogP contribution in [0.3, 0.4) is 0 Å². The summed E-state index contributed by atoms with van der Waals surface area (Å²) in [6.07, 6.45) is -3.73. The number of hydrogen-bond acceptors (Lipinski definition) is 5. The molecule has 0 bridgehead atoms. The molecule has 0 unspecified atom stereocenters. The van der Waals surface area contributed by atoms with Crippen LogP contribution in [-0.4, -0.2) is 15.2 Å². The number of pyridine rings is 1. The third-order valence-electron chi connectivity index (χ3n) is 1.75. The summed E-state index contributed by atoms with van der Waals surface area (Å²) in [7, 11) is 0. The molecule has 2 aromatic heterocycles. The van der Waals surface area contributed by atoms with Crippen LogP contribution in [0.4, 0.5) is 19.2 Å². The van der Waals surface area contributed by atoms with E-state index in [0.29, 0.717) is 6.20 Å². The minimum absolute atomic E-state index is 0.0220. The van der Waals surface area contributed by atoms with Crippen LogP contribution in [0.2, 0.25) is 0 Å². The molecule has 0 saturated carbocycles. The van der Waals surface area contributed by atoms with Crippen molar-refractivity contribution in [1.29, 1.82) is 0 Å². The van der Waals surface area contributed by atoms with Gasteiger partial charge in [0.15, 0.2) is 0 Å². The fraction of sp³-hybridized carbons (Fsp3) is 0.125. The van der Waals surface area contributed by atoms with Crippen LogP contribution in [0.1, 0.15) is 5.56 Å². The maximum Gasteiger partial charge on any atom is 0.417 e. The molecule has 84 valence electrons. The van der Waals surface area contributed by atoms with E-state index in [0.717, 1.165) is 12.1 Å². The normalized spacial score (nSPS) is 11.7. The van der Waals surface area contributed by atoms with Crippen molar-refractivity contribution in [2.75, 3.05) is 5.73 Å². The smallest absolute Gasteiger partial charge is 0.402 e. The first-order chi connectivity index (χ1) is 7.47. The summed E-state index contributed by atoms with van der Waals surface area (Å²) in [4.78, 5) is 3.56. The average molecular weight is 230 g/mol. The molecule has 8 heteroatoms. The lowest BCUT2D eigenvalue weighted by molar-refractivity contribution is -0.137. The molecule has 0 aliphatic heterocycles. The Kier molecular flexibility index (Phi) is 2.26. The SMILES string of the molecule is Nc1nnc(-c2ccc(C(F)(F)F)cn2)o1. The zero-order chi connectivity index (χ0) is 11.8. The van der Waals surface area contributed by atoms with Gasteiger partial charge >= 0.3 is 12.2 Å². The van der Waals surface area contributed by atoms with Gasteiger partial charge in [0.05, 0.1) is 5.56 Å². The van der Waals surface area contributed by atoms with E-state index in [9.17, 15) is 13.2 Å². The molecule has 0 atom stereocenters. The quantitative estimate of drug-likeness (QED) is 0.807. The number of nitrogens with zero attached hydrogens (tertiary/aromatic N) is 3. The minimum Gasteiger partial charge on any atom is -0.402 e. The predicted molar refractivity (Wildman–Crippen MR) is 46.9 cm³/mol. The highest BCUT2D eigenvalue weighted by molar-refractivity contribution is 5.47. The predicted octanol–water partition coefficient (Wildman–Crippen LogP) is 1.73. The van der Waals surface area contributed by atoms with Gasteiger partial charge in [-0.3, -0.25) is 4.98 Å². The molecule has 2 aromatic rings. The van der Waals surface area contributed by atoms with Crippen LogP contribution in [0.5, 0.6) is 0 Å². The molecule has 0 aliphatic carbocycles. The zero-order valence-corrected chi connectivity index (χ0v) is 7.69. The third-order valence-corrected chi connectivity index (χ3v) is 1.75. The number of hydrogen-bond donors (Lipinski definition) is 1. The molecule has 2 rings (SSSR count). The largest absolute Gasteiger partial charge is 0.417 e. The molecule has 0 saturated heterocycles. The maximum absolute atomic E-state index is 12.2. The Morgan fingerprint density at radius 3 is 2.38 bits per heavy atom. The van der Waals surface area contributed by atoms with E-state index in [-0.39, 0.29) is 17.6 Å². The summed E-state index contributed by atoms with van der Waals surface area (Å²) in [5.41, 5.74) is 4.46. The van der Waals surface area contributed by atoms with Gasteiger partial charge in [-0.2, -0.15) is 13.2 Å². The number of nitrogens with two attached hydrogens (primary N) is 1. The van der Waals surface area contributed by atoms with Crippen molar-refractivity contribution in [3.05, 3.63) is 23.9 Å². The standard InChI is InChI=1S/C8H5F3N4O/c9-8(10,11)4-1-2-5(13-3-4)6-14-15-7(12)16-6/h1-3H,(H2,12,15). The molecule has 0 aromatic carbocycles. The van der Waals surface area contributed by atoms with Crippen molar-refractivity contribution in [3.8, 4) is 11.6 Å². The van der Waals surface area contributed by atoms with E-state index in [1.807, 2.05) is 0 Å². The Hall–Kier alpha value is -2.12. The van der Waals surface area contributed by atoms with E-state index in [4.69, 9.17) is 10.2 Å². The molecule has 0 fully saturated rings. The second-order valence-electron chi connectivity index (χ2n) is 2.88. The summed E-state index contributed by atoms with van der Waals surface area (Å²) in [5, 5.41) is 6.86. The van der Waals surface area contributed by atoms with Gasteiger partial charge in [-0.25, -0.2) is 0 Å². The van der Waals surface area contributed by atoms with Gasteiger partial charge in [0.1, 0.15) is 5.69 Å². The lowest BCUT2D eigenvalue weighted by Gasteiger charge is -2.05. The van der Waals surface area contributed by atoms with Gasteiger partial charge < -0.3 is 10.2 Å². The Balaban J connectivity index is 2.33. The minimum atomic E-state index is -4.42. The Morgan fingerprint density at radius 1 is 1.19 bits per heavy atom. The molecule has 0 amide bonds. The lowest BCUT2D eigenvalue weighted by atomic mass is 10.2. The first-order valence-electron chi connectivity index (χ1n) is 4.09. The maximum atomic E-state index is 12.2. The van der Waals surface area contributed by atoms with Gasteiger partial charge in [-0.1, -0.05) is 5.10 Å². The molecule has 0 radical (unpaired) electrons. The number of halogens is 3. The van der Waals surface area contributed by atoms with E-state index in [1.54, 1.807) is 0 Å². The number of aromatic nitrogens is 3. The fourth-order valence-electron chi connectivity index (χ4n) is 1.03. The van der Waals surface area contributed by atoms with Crippen molar-refractivity contribution >= 4 is 6.01 Å². The van der Waals surface area contributed by atoms with Gasteiger partial charge in [0, 0.05) is 6.20 Å². The van der Waals surface area contributed by atoms with Gasteiger partial charge in [0.25, 0.3) is 5.89 Å². The molecular weight excluding hydrogens is 225 g/mol. The monoisotopic (exact) mass is 230 g/mol. The highest BCUT2D eigenvalue weighted by atomic mass is 19.4. The molecule has 0 spiro atoms. The summed E-state index contributed by atoms with van der Waals surface area (Å²) in [5.74, 6) is -0.0220. The van der Waals surface area contributed by atoms with E-state index >= 15 is 0 Å². The second kappa shape index (κ2) is 3.47.